The van der Waals surface area contributed by atoms with E-state index in [0.717, 1.165) is 6.42 Å². The summed E-state index contributed by atoms with van der Waals surface area (Å²) in [5, 5.41) is 0. The first-order chi connectivity index (χ1) is 14.7. The highest BCUT2D eigenvalue weighted by Crippen LogP contribution is 2.24. The molecule has 30 heavy (non-hydrogen) atoms. The van der Waals surface area contributed by atoms with E-state index in [1.807, 2.05) is 0 Å². The zero-order chi connectivity index (χ0) is 22.2. The Bertz CT molecular complexity index is 286. The summed E-state index contributed by atoms with van der Waals surface area (Å²) in [5.41, 5.74) is -0.231. The molecule has 0 amide bonds. The molecule has 0 spiro atoms. The molecule has 0 unspecified atom stereocenters. The first kappa shape index (κ1) is 29.6. The first-order valence-electron chi connectivity index (χ1n) is 10.7. The van der Waals surface area contributed by atoms with Crippen LogP contribution in [0.1, 0.15) is 13.3 Å². The van der Waals surface area contributed by atoms with Crippen molar-refractivity contribution < 1.29 is 42.6 Å². The Morgan fingerprint density at radius 3 is 0.933 bits per heavy atom. The number of ether oxygens (including phenoxy) is 9. The van der Waals surface area contributed by atoms with E-state index in [1.54, 1.807) is 21.3 Å². The fraction of sp³-hybridized carbons (Fsp3) is 1.00. The van der Waals surface area contributed by atoms with Crippen LogP contribution in [-0.2, 0) is 42.6 Å². The zero-order valence-electron chi connectivity index (χ0n) is 19.5. The van der Waals surface area contributed by atoms with Crippen molar-refractivity contribution in [3.8, 4) is 0 Å². The summed E-state index contributed by atoms with van der Waals surface area (Å²) < 4.78 is 48.8. The molecule has 0 aromatic rings. The molecule has 9 heteroatoms. The van der Waals surface area contributed by atoms with Crippen molar-refractivity contribution >= 4 is 0 Å². The first-order valence-corrected chi connectivity index (χ1v) is 10.7. The van der Waals surface area contributed by atoms with Crippen LogP contribution < -0.4 is 0 Å². The Labute approximate surface area is 182 Å². The normalized spacial score (nSPS) is 12.0. The molecule has 0 radical (unpaired) electrons. The van der Waals surface area contributed by atoms with Crippen LogP contribution in [0.2, 0.25) is 0 Å². The van der Waals surface area contributed by atoms with Gasteiger partial charge in [-0.2, -0.15) is 0 Å². The Hall–Kier alpha value is -0.360. The second kappa shape index (κ2) is 23.3. The molecule has 0 fully saturated rings. The van der Waals surface area contributed by atoms with Gasteiger partial charge in [-0.15, -0.1) is 0 Å². The van der Waals surface area contributed by atoms with Crippen LogP contribution in [0.3, 0.4) is 0 Å². The minimum atomic E-state index is -0.231. The molecule has 0 N–H and O–H groups in total. The van der Waals surface area contributed by atoms with Gasteiger partial charge in [0.05, 0.1) is 99.1 Å². The van der Waals surface area contributed by atoms with E-state index >= 15 is 0 Å². The Morgan fingerprint density at radius 1 is 0.400 bits per heavy atom. The fourth-order valence-electron chi connectivity index (χ4n) is 2.38. The van der Waals surface area contributed by atoms with E-state index in [9.17, 15) is 0 Å². The van der Waals surface area contributed by atoms with Crippen LogP contribution >= 0.6 is 0 Å². The van der Waals surface area contributed by atoms with E-state index in [2.05, 4.69) is 6.92 Å². The second-order valence-electron chi connectivity index (χ2n) is 6.83. The summed E-state index contributed by atoms with van der Waals surface area (Å²) in [5.74, 6) is 0. The van der Waals surface area contributed by atoms with E-state index in [-0.39, 0.29) is 5.41 Å². The van der Waals surface area contributed by atoms with Gasteiger partial charge in [-0.05, 0) is 6.42 Å². The Kier molecular flexibility index (Phi) is 23.0. The predicted molar refractivity (Wildman–Crippen MR) is 113 cm³/mol. The summed E-state index contributed by atoms with van der Waals surface area (Å²) in [6.07, 6.45) is 0.868. The van der Waals surface area contributed by atoms with Gasteiger partial charge in [0.25, 0.3) is 0 Å². The van der Waals surface area contributed by atoms with Gasteiger partial charge in [0, 0.05) is 26.7 Å². The molecule has 0 aliphatic heterocycles. The highest BCUT2D eigenvalue weighted by atomic mass is 16.6. The van der Waals surface area contributed by atoms with Gasteiger partial charge in [0.2, 0.25) is 0 Å². The molecule has 0 aromatic heterocycles. The minimum absolute atomic E-state index is 0.231. The molecule has 0 heterocycles. The second-order valence-corrected chi connectivity index (χ2v) is 6.83. The summed E-state index contributed by atoms with van der Waals surface area (Å²) in [7, 11) is 4.96. The van der Waals surface area contributed by atoms with Crippen molar-refractivity contribution in [3.63, 3.8) is 0 Å². The van der Waals surface area contributed by atoms with Gasteiger partial charge < -0.3 is 42.6 Å². The van der Waals surface area contributed by atoms with Gasteiger partial charge in [-0.3, -0.25) is 0 Å². The van der Waals surface area contributed by atoms with Gasteiger partial charge in [-0.1, -0.05) is 6.92 Å². The summed E-state index contributed by atoms with van der Waals surface area (Å²) in [6, 6.07) is 0. The van der Waals surface area contributed by atoms with E-state index < -0.39 is 0 Å². The molecule has 0 atom stereocenters. The smallest absolute Gasteiger partial charge is 0.0701 e. The summed E-state index contributed by atoms with van der Waals surface area (Å²) in [6.45, 7) is 10.3. The van der Waals surface area contributed by atoms with E-state index in [4.69, 9.17) is 42.6 Å². The van der Waals surface area contributed by atoms with Crippen molar-refractivity contribution in [2.24, 2.45) is 5.41 Å². The standard InChI is InChI=1S/C21H44O9/c1-5-21(18-28-15-12-25-9-6-22-2,19-29-16-13-26-10-7-23-3)20-30-17-14-27-11-8-24-4/h5-20H2,1-4H3. The maximum atomic E-state index is 5.87. The number of rotatable bonds is 25. The van der Waals surface area contributed by atoms with Gasteiger partial charge in [-0.25, -0.2) is 0 Å². The topological polar surface area (TPSA) is 83.1 Å². The Morgan fingerprint density at radius 2 is 0.667 bits per heavy atom. The third-order valence-electron chi connectivity index (χ3n) is 4.39. The lowest BCUT2D eigenvalue weighted by Crippen LogP contribution is -2.38. The average molecular weight is 441 g/mol. The van der Waals surface area contributed by atoms with Crippen LogP contribution in [0.4, 0.5) is 0 Å². The lowest BCUT2D eigenvalue weighted by atomic mass is 9.88. The van der Waals surface area contributed by atoms with Gasteiger partial charge in [0.15, 0.2) is 0 Å². The van der Waals surface area contributed by atoms with Gasteiger partial charge >= 0.3 is 0 Å². The molecule has 0 aromatic carbocycles. The highest BCUT2D eigenvalue weighted by molar-refractivity contribution is 4.77. The number of hydrogen-bond acceptors (Lipinski definition) is 9. The van der Waals surface area contributed by atoms with Crippen LogP contribution in [0, 0.1) is 5.41 Å². The monoisotopic (exact) mass is 440 g/mol. The molecule has 0 aliphatic carbocycles. The minimum Gasteiger partial charge on any atom is -0.382 e. The average Bonchev–Trinajstić information content (AvgIpc) is 2.76. The molecule has 182 valence electrons. The molecular formula is C21H44O9. The molecule has 0 rings (SSSR count). The van der Waals surface area contributed by atoms with E-state index in [1.165, 1.54) is 0 Å². The zero-order valence-corrected chi connectivity index (χ0v) is 19.5. The maximum Gasteiger partial charge on any atom is 0.0701 e. The molecular weight excluding hydrogens is 396 g/mol. The number of hydrogen-bond donors (Lipinski definition) is 0. The Balaban J connectivity index is 4.23. The fourth-order valence-corrected chi connectivity index (χ4v) is 2.38. The highest BCUT2D eigenvalue weighted by Gasteiger charge is 2.29. The lowest BCUT2D eigenvalue weighted by Gasteiger charge is -2.32. The van der Waals surface area contributed by atoms with Crippen LogP contribution in [-0.4, -0.2) is 120 Å². The SMILES string of the molecule is CCC(COCCOCCOC)(COCCOCCOC)COCCOCCOC. The van der Waals surface area contributed by atoms with Crippen molar-refractivity contribution in [2.75, 3.05) is 120 Å². The van der Waals surface area contributed by atoms with Crippen molar-refractivity contribution in [2.45, 2.75) is 13.3 Å². The quantitative estimate of drug-likeness (QED) is 0.196. The van der Waals surface area contributed by atoms with Crippen molar-refractivity contribution in [1.29, 1.82) is 0 Å². The summed E-state index contributed by atoms with van der Waals surface area (Å²) >= 11 is 0. The van der Waals surface area contributed by atoms with Crippen molar-refractivity contribution in [1.82, 2.24) is 0 Å². The van der Waals surface area contributed by atoms with Crippen LogP contribution in [0.25, 0.3) is 0 Å². The molecule has 0 saturated heterocycles. The van der Waals surface area contributed by atoms with Gasteiger partial charge in [0.1, 0.15) is 0 Å². The summed E-state index contributed by atoms with van der Waals surface area (Å²) in [4.78, 5) is 0. The molecule has 0 bridgehead atoms. The molecule has 0 saturated carbocycles. The van der Waals surface area contributed by atoms with Crippen molar-refractivity contribution in [3.05, 3.63) is 0 Å². The largest absolute Gasteiger partial charge is 0.382 e. The van der Waals surface area contributed by atoms with Crippen LogP contribution in [0.15, 0.2) is 0 Å². The molecule has 9 nitrogen and oxygen atoms in total. The third kappa shape index (κ3) is 18.4. The third-order valence-corrected chi connectivity index (χ3v) is 4.39. The lowest BCUT2D eigenvalue weighted by molar-refractivity contribution is -0.0911. The molecule has 0 aliphatic rings. The van der Waals surface area contributed by atoms with E-state index in [0.29, 0.717) is 99.1 Å². The number of methoxy groups -OCH3 is 3. The van der Waals surface area contributed by atoms with Crippen LogP contribution in [0.5, 0.6) is 0 Å². The predicted octanol–water partition coefficient (Wildman–Crippen LogP) is 1.42. The maximum absolute atomic E-state index is 5.87.